The van der Waals surface area contributed by atoms with E-state index in [0.717, 1.165) is 20.7 Å². The molecule has 2 heterocycles. The first-order chi connectivity index (χ1) is 10.3. The molecule has 9 heteroatoms. The Hall–Kier alpha value is -1.32. The first kappa shape index (κ1) is 17.0. The number of fused-ring (bicyclic) bond motifs is 1. The van der Waals surface area contributed by atoms with E-state index in [-0.39, 0.29) is 5.75 Å². The van der Waals surface area contributed by atoms with E-state index >= 15 is 0 Å². The van der Waals surface area contributed by atoms with Gasteiger partial charge in [-0.15, -0.1) is 11.3 Å². The quantitative estimate of drug-likeness (QED) is 0.618. The third kappa shape index (κ3) is 3.90. The highest BCUT2D eigenvalue weighted by molar-refractivity contribution is 8.00. The minimum atomic E-state index is -3.08. The topological polar surface area (TPSA) is 80.9 Å². The largest absolute Gasteiger partial charge is 0.349 e. The van der Waals surface area contributed by atoms with Gasteiger partial charge < -0.3 is 11.1 Å². The molecule has 22 heavy (non-hydrogen) atoms. The number of amides is 1. The van der Waals surface area contributed by atoms with Crippen molar-refractivity contribution in [1.29, 1.82) is 0 Å². The zero-order chi connectivity index (χ0) is 16.3. The fourth-order valence-corrected chi connectivity index (χ4v) is 3.69. The van der Waals surface area contributed by atoms with Gasteiger partial charge in [-0.1, -0.05) is 11.8 Å². The van der Waals surface area contributed by atoms with Gasteiger partial charge in [-0.05, 0) is 19.4 Å². The summed E-state index contributed by atoms with van der Waals surface area (Å²) >= 11 is 2.78. The predicted molar refractivity (Wildman–Crippen MR) is 84.6 cm³/mol. The minimum absolute atomic E-state index is 0.0150. The van der Waals surface area contributed by atoms with Crippen LogP contribution in [0.2, 0.25) is 0 Å². The molecule has 2 aromatic rings. The average Bonchev–Trinajstić information content (AvgIpc) is 2.79. The molecule has 0 unspecified atom stereocenters. The summed E-state index contributed by atoms with van der Waals surface area (Å²) in [6.45, 7) is 2.43. The molecule has 1 amide bonds. The standard InChI is InChI=1S/C13H16F2N4OS2/c1-7-8(2)22-12-10(7)11(18-6-19-12)21-3-9(20)17-5-13(14,15)4-16/h6H,3-5,16H2,1-2H3,(H,17,20). The van der Waals surface area contributed by atoms with E-state index in [0.29, 0.717) is 5.03 Å². The van der Waals surface area contributed by atoms with Gasteiger partial charge >= 0.3 is 0 Å². The van der Waals surface area contributed by atoms with Gasteiger partial charge in [0.25, 0.3) is 5.92 Å². The summed E-state index contributed by atoms with van der Waals surface area (Å²) < 4.78 is 25.9. The van der Waals surface area contributed by atoms with Crippen molar-refractivity contribution >= 4 is 39.2 Å². The fraction of sp³-hybridized carbons (Fsp3) is 0.462. The summed E-state index contributed by atoms with van der Waals surface area (Å²) in [6.07, 6.45) is 1.44. The molecule has 0 atom stereocenters. The van der Waals surface area contributed by atoms with Crippen LogP contribution < -0.4 is 11.1 Å². The number of thioether (sulfide) groups is 1. The molecule has 5 nitrogen and oxygen atoms in total. The lowest BCUT2D eigenvalue weighted by Crippen LogP contribution is -2.42. The Morgan fingerprint density at radius 2 is 2.18 bits per heavy atom. The smallest absolute Gasteiger partial charge is 0.277 e. The molecule has 0 aliphatic heterocycles. The maximum Gasteiger partial charge on any atom is 0.277 e. The van der Waals surface area contributed by atoms with Crippen molar-refractivity contribution in [3.63, 3.8) is 0 Å². The summed E-state index contributed by atoms with van der Waals surface area (Å²) in [5, 5.41) is 3.80. The molecular weight excluding hydrogens is 330 g/mol. The number of hydrogen-bond donors (Lipinski definition) is 2. The highest BCUT2D eigenvalue weighted by Gasteiger charge is 2.27. The molecule has 2 rings (SSSR count). The number of nitrogens with two attached hydrogens (primary N) is 1. The number of thiophene rings is 1. The van der Waals surface area contributed by atoms with Crippen LogP contribution in [0.1, 0.15) is 10.4 Å². The van der Waals surface area contributed by atoms with Crippen LogP contribution >= 0.6 is 23.1 Å². The number of nitrogens with one attached hydrogen (secondary N) is 1. The van der Waals surface area contributed by atoms with Crippen LogP contribution in [0.15, 0.2) is 11.4 Å². The Balaban J connectivity index is 2.02. The van der Waals surface area contributed by atoms with Gasteiger partial charge in [0.2, 0.25) is 5.91 Å². The van der Waals surface area contributed by atoms with Crippen LogP contribution in [0, 0.1) is 13.8 Å². The molecule has 0 fully saturated rings. The number of rotatable bonds is 6. The SMILES string of the molecule is Cc1sc2ncnc(SCC(=O)NCC(F)(F)CN)c2c1C. The van der Waals surface area contributed by atoms with Crippen LogP contribution in [0.4, 0.5) is 8.78 Å². The van der Waals surface area contributed by atoms with Crippen molar-refractivity contribution in [3.05, 3.63) is 16.8 Å². The van der Waals surface area contributed by atoms with Crippen molar-refractivity contribution in [2.75, 3.05) is 18.8 Å². The van der Waals surface area contributed by atoms with Crippen LogP contribution in [-0.2, 0) is 4.79 Å². The fourth-order valence-electron chi connectivity index (χ4n) is 1.74. The number of aromatic nitrogens is 2. The van der Waals surface area contributed by atoms with E-state index in [1.165, 1.54) is 18.1 Å². The van der Waals surface area contributed by atoms with Gasteiger partial charge in [0.1, 0.15) is 16.2 Å². The van der Waals surface area contributed by atoms with Gasteiger partial charge in [0, 0.05) is 10.3 Å². The maximum absolute atomic E-state index is 13.0. The van der Waals surface area contributed by atoms with Crippen molar-refractivity contribution in [1.82, 2.24) is 15.3 Å². The van der Waals surface area contributed by atoms with Crippen molar-refractivity contribution < 1.29 is 13.6 Å². The molecule has 0 saturated carbocycles. The van der Waals surface area contributed by atoms with Crippen LogP contribution in [0.25, 0.3) is 10.2 Å². The van der Waals surface area contributed by atoms with Crippen LogP contribution in [0.5, 0.6) is 0 Å². The number of nitrogens with zero attached hydrogens (tertiary/aromatic N) is 2. The summed E-state index contributed by atoms with van der Waals surface area (Å²) in [5.41, 5.74) is 6.00. The third-order valence-corrected chi connectivity index (χ3v) is 5.22. The van der Waals surface area contributed by atoms with E-state index in [1.807, 2.05) is 13.8 Å². The summed E-state index contributed by atoms with van der Waals surface area (Å²) in [7, 11) is 0. The maximum atomic E-state index is 13.0. The molecule has 2 aromatic heterocycles. The zero-order valence-electron chi connectivity index (χ0n) is 12.2. The van der Waals surface area contributed by atoms with Gasteiger partial charge in [-0.25, -0.2) is 18.7 Å². The lowest BCUT2D eigenvalue weighted by atomic mass is 10.2. The average molecular weight is 346 g/mol. The lowest BCUT2D eigenvalue weighted by Gasteiger charge is -2.14. The highest BCUT2D eigenvalue weighted by atomic mass is 32.2. The number of carbonyl (C=O) groups excluding carboxylic acids is 1. The van der Waals surface area contributed by atoms with Crippen molar-refractivity contribution in [2.45, 2.75) is 24.8 Å². The molecule has 0 aliphatic rings. The molecule has 0 aromatic carbocycles. The normalized spacial score (nSPS) is 11.9. The number of carbonyl (C=O) groups is 1. The second-order valence-electron chi connectivity index (χ2n) is 4.77. The van der Waals surface area contributed by atoms with E-state index in [1.54, 1.807) is 11.3 Å². The molecule has 0 spiro atoms. The lowest BCUT2D eigenvalue weighted by molar-refractivity contribution is -0.120. The van der Waals surface area contributed by atoms with Gasteiger partial charge in [0.05, 0.1) is 18.8 Å². The number of halogens is 2. The molecule has 3 N–H and O–H groups in total. The zero-order valence-corrected chi connectivity index (χ0v) is 13.8. The number of hydrogen-bond acceptors (Lipinski definition) is 6. The van der Waals surface area contributed by atoms with Gasteiger partial charge in [0.15, 0.2) is 0 Å². The first-order valence-corrected chi connectivity index (χ1v) is 8.32. The van der Waals surface area contributed by atoms with Gasteiger partial charge in [-0.3, -0.25) is 4.79 Å². The Kier molecular flexibility index (Phi) is 5.30. The monoisotopic (exact) mass is 346 g/mol. The number of aryl methyl sites for hydroxylation is 2. The van der Waals surface area contributed by atoms with E-state index in [9.17, 15) is 13.6 Å². The second kappa shape index (κ2) is 6.84. The Morgan fingerprint density at radius 3 is 2.86 bits per heavy atom. The first-order valence-electron chi connectivity index (χ1n) is 6.52. The second-order valence-corrected chi connectivity index (χ2v) is 6.93. The molecule has 0 bridgehead atoms. The molecule has 0 aliphatic carbocycles. The molecule has 120 valence electrons. The Labute approximate surface area is 134 Å². The Bertz CT molecular complexity index is 690. The van der Waals surface area contributed by atoms with Crippen LogP contribution in [-0.4, -0.2) is 40.6 Å². The third-order valence-electron chi connectivity index (χ3n) is 3.11. The van der Waals surface area contributed by atoms with Gasteiger partial charge in [-0.2, -0.15) is 0 Å². The van der Waals surface area contributed by atoms with E-state index in [4.69, 9.17) is 5.73 Å². The highest BCUT2D eigenvalue weighted by Crippen LogP contribution is 2.34. The molecule has 0 saturated heterocycles. The summed E-state index contributed by atoms with van der Waals surface area (Å²) in [4.78, 5) is 22.1. The molecule has 0 radical (unpaired) electrons. The predicted octanol–water partition coefficient (Wildman–Crippen LogP) is 2.11. The van der Waals surface area contributed by atoms with E-state index < -0.39 is 24.9 Å². The van der Waals surface area contributed by atoms with E-state index in [2.05, 4.69) is 15.3 Å². The Morgan fingerprint density at radius 1 is 1.45 bits per heavy atom. The summed E-state index contributed by atoms with van der Waals surface area (Å²) in [6, 6.07) is 0. The van der Waals surface area contributed by atoms with Crippen LogP contribution in [0.3, 0.4) is 0 Å². The molecular formula is C13H16F2N4OS2. The van der Waals surface area contributed by atoms with Crippen molar-refractivity contribution in [2.24, 2.45) is 5.73 Å². The van der Waals surface area contributed by atoms with Crippen molar-refractivity contribution in [3.8, 4) is 0 Å². The summed E-state index contributed by atoms with van der Waals surface area (Å²) in [5.74, 6) is -3.54. The minimum Gasteiger partial charge on any atom is -0.349 e. The number of alkyl halides is 2.